The summed E-state index contributed by atoms with van der Waals surface area (Å²) >= 11 is 12.8. The lowest BCUT2D eigenvalue weighted by Gasteiger charge is -2.40. The predicted octanol–water partition coefficient (Wildman–Crippen LogP) is 2.27. The highest BCUT2D eigenvalue weighted by atomic mass is 35.5. The Kier molecular flexibility index (Phi) is 7.59. The molecular weight excluding hydrogens is 459 g/mol. The molecule has 0 aromatic heterocycles. The van der Waals surface area contributed by atoms with Crippen LogP contribution in [-0.2, 0) is 15.9 Å². The fourth-order valence-corrected chi connectivity index (χ4v) is 4.47. The van der Waals surface area contributed by atoms with Crippen LogP contribution in [0.25, 0.3) is 0 Å². The van der Waals surface area contributed by atoms with Gasteiger partial charge in [-0.25, -0.2) is 0 Å². The SMILES string of the molecule is OC[C@H]1O[C@@H](c2ccc(Cl)c(Cc3ccc(O[C@H]4CCOC4)c(Cl)c3)c2)[C@H](O)[C@@H](O)[C@@H]1O. The smallest absolute Gasteiger partial charge is 0.138 e. The molecule has 6 atom stereocenters. The maximum absolute atomic E-state index is 10.4. The maximum atomic E-state index is 10.4. The van der Waals surface area contributed by atoms with E-state index in [0.717, 1.165) is 17.5 Å². The van der Waals surface area contributed by atoms with Crippen LogP contribution in [0.5, 0.6) is 5.75 Å². The summed E-state index contributed by atoms with van der Waals surface area (Å²) in [4.78, 5) is 0. The number of aliphatic hydroxyl groups is 4. The molecule has 0 radical (unpaired) electrons. The molecule has 7 nitrogen and oxygen atoms in total. The zero-order valence-electron chi connectivity index (χ0n) is 17.2. The lowest BCUT2D eigenvalue weighted by atomic mass is 9.90. The molecule has 0 bridgehead atoms. The second kappa shape index (κ2) is 10.2. The van der Waals surface area contributed by atoms with E-state index in [1.54, 1.807) is 18.2 Å². The Labute approximate surface area is 196 Å². The molecule has 174 valence electrons. The van der Waals surface area contributed by atoms with Gasteiger partial charge >= 0.3 is 0 Å². The molecule has 4 N–H and O–H groups in total. The normalized spacial score (nSPS) is 30.4. The second-order valence-electron chi connectivity index (χ2n) is 8.15. The van der Waals surface area contributed by atoms with E-state index in [1.807, 2.05) is 18.2 Å². The van der Waals surface area contributed by atoms with Gasteiger partial charge in [0.05, 0.1) is 24.8 Å². The minimum atomic E-state index is -1.44. The summed E-state index contributed by atoms with van der Waals surface area (Å²) in [5.74, 6) is 0.604. The first kappa shape index (κ1) is 23.7. The van der Waals surface area contributed by atoms with E-state index in [4.69, 9.17) is 37.4 Å². The standard InChI is InChI=1S/C23H26Cl2O7/c24-16-3-2-13(23-22(29)21(28)20(27)19(10-26)32-23)9-14(16)7-12-1-4-18(17(25)8-12)31-15-5-6-30-11-15/h1-4,8-9,15,19-23,26-29H,5-7,10-11H2/t15-,19+,20+,21-,22+,23-/m0/s1. The van der Waals surface area contributed by atoms with Crippen molar-refractivity contribution in [3.05, 3.63) is 63.1 Å². The van der Waals surface area contributed by atoms with Gasteiger partial charge in [-0.05, 0) is 41.3 Å². The monoisotopic (exact) mass is 484 g/mol. The van der Waals surface area contributed by atoms with E-state index in [2.05, 4.69) is 0 Å². The third-order valence-electron chi connectivity index (χ3n) is 5.86. The van der Waals surface area contributed by atoms with E-state index in [9.17, 15) is 20.4 Å². The minimum Gasteiger partial charge on any atom is -0.486 e. The Hall–Kier alpha value is -1.42. The molecule has 9 heteroatoms. The number of ether oxygens (including phenoxy) is 3. The van der Waals surface area contributed by atoms with Gasteiger partial charge in [-0.3, -0.25) is 0 Å². The molecule has 2 aromatic rings. The average Bonchev–Trinajstić information content (AvgIpc) is 3.29. The molecule has 0 aliphatic carbocycles. The van der Waals surface area contributed by atoms with Crippen molar-refractivity contribution in [3.8, 4) is 5.75 Å². The van der Waals surface area contributed by atoms with Crippen LogP contribution in [0, 0.1) is 0 Å². The second-order valence-corrected chi connectivity index (χ2v) is 8.96. The first-order chi connectivity index (χ1) is 15.4. The highest BCUT2D eigenvalue weighted by Crippen LogP contribution is 2.35. The molecule has 4 rings (SSSR count). The third-order valence-corrected chi connectivity index (χ3v) is 6.53. The number of benzene rings is 2. The zero-order chi connectivity index (χ0) is 22.8. The van der Waals surface area contributed by atoms with Crippen molar-refractivity contribution < 1.29 is 34.6 Å². The van der Waals surface area contributed by atoms with Crippen LogP contribution < -0.4 is 4.74 Å². The number of rotatable bonds is 6. The van der Waals surface area contributed by atoms with Crippen LogP contribution in [0.15, 0.2) is 36.4 Å². The maximum Gasteiger partial charge on any atom is 0.138 e. The summed E-state index contributed by atoms with van der Waals surface area (Å²) in [6.45, 7) is 0.754. The zero-order valence-corrected chi connectivity index (χ0v) is 18.7. The van der Waals surface area contributed by atoms with Gasteiger partial charge in [-0.2, -0.15) is 0 Å². The van der Waals surface area contributed by atoms with E-state index >= 15 is 0 Å². The molecule has 2 fully saturated rings. The lowest BCUT2D eigenvalue weighted by molar-refractivity contribution is -0.231. The van der Waals surface area contributed by atoms with Crippen molar-refractivity contribution in [2.75, 3.05) is 19.8 Å². The van der Waals surface area contributed by atoms with Gasteiger partial charge in [0.1, 0.15) is 42.4 Å². The van der Waals surface area contributed by atoms with Gasteiger partial charge in [0.15, 0.2) is 0 Å². The molecular formula is C23H26Cl2O7. The quantitative estimate of drug-likeness (QED) is 0.497. The van der Waals surface area contributed by atoms with Gasteiger partial charge in [0.25, 0.3) is 0 Å². The molecule has 2 aromatic carbocycles. The van der Waals surface area contributed by atoms with Crippen LogP contribution in [0.1, 0.15) is 29.2 Å². The molecule has 0 amide bonds. The van der Waals surface area contributed by atoms with Crippen molar-refractivity contribution in [3.63, 3.8) is 0 Å². The van der Waals surface area contributed by atoms with Crippen LogP contribution in [0.2, 0.25) is 10.0 Å². The van der Waals surface area contributed by atoms with Gasteiger partial charge in [-0.1, -0.05) is 41.4 Å². The van der Waals surface area contributed by atoms with E-state index in [1.165, 1.54) is 0 Å². The Balaban J connectivity index is 1.52. The summed E-state index contributed by atoms with van der Waals surface area (Å²) in [7, 11) is 0. The molecule has 0 spiro atoms. The molecule has 2 aliphatic rings. The largest absolute Gasteiger partial charge is 0.486 e. The fourth-order valence-electron chi connectivity index (χ4n) is 4.04. The Morgan fingerprint density at radius 1 is 0.969 bits per heavy atom. The van der Waals surface area contributed by atoms with Gasteiger partial charge < -0.3 is 34.6 Å². The van der Waals surface area contributed by atoms with E-state index in [-0.39, 0.29) is 6.10 Å². The van der Waals surface area contributed by atoms with Crippen LogP contribution in [-0.4, -0.2) is 70.8 Å². The number of hydrogen-bond donors (Lipinski definition) is 4. The highest BCUT2D eigenvalue weighted by molar-refractivity contribution is 6.32. The van der Waals surface area contributed by atoms with Gasteiger partial charge in [0, 0.05) is 11.4 Å². The number of aliphatic hydroxyl groups excluding tert-OH is 4. The van der Waals surface area contributed by atoms with E-state index < -0.39 is 37.1 Å². The van der Waals surface area contributed by atoms with Crippen molar-refractivity contribution in [1.29, 1.82) is 0 Å². The fraction of sp³-hybridized carbons (Fsp3) is 0.478. The van der Waals surface area contributed by atoms with Crippen molar-refractivity contribution >= 4 is 23.2 Å². The average molecular weight is 485 g/mol. The Bertz CT molecular complexity index is 933. The summed E-state index contributed by atoms with van der Waals surface area (Å²) < 4.78 is 16.9. The Morgan fingerprint density at radius 2 is 1.78 bits per heavy atom. The molecule has 0 unspecified atom stereocenters. The number of hydrogen-bond acceptors (Lipinski definition) is 7. The highest BCUT2D eigenvalue weighted by Gasteiger charge is 2.44. The lowest BCUT2D eigenvalue weighted by Crippen LogP contribution is -2.55. The molecule has 32 heavy (non-hydrogen) atoms. The molecule has 2 saturated heterocycles. The van der Waals surface area contributed by atoms with Crippen molar-refractivity contribution in [1.82, 2.24) is 0 Å². The Morgan fingerprint density at radius 3 is 2.47 bits per heavy atom. The molecule has 0 saturated carbocycles. The van der Waals surface area contributed by atoms with Crippen LogP contribution in [0.3, 0.4) is 0 Å². The summed E-state index contributed by atoms with van der Waals surface area (Å²) in [6, 6.07) is 10.7. The summed E-state index contributed by atoms with van der Waals surface area (Å²) in [5, 5.41) is 41.0. The van der Waals surface area contributed by atoms with Gasteiger partial charge in [-0.15, -0.1) is 0 Å². The number of halogens is 2. The third kappa shape index (κ3) is 5.05. The summed E-state index contributed by atoms with van der Waals surface area (Å²) in [5.41, 5.74) is 2.27. The van der Waals surface area contributed by atoms with Crippen LogP contribution >= 0.6 is 23.2 Å². The predicted molar refractivity (Wildman–Crippen MR) is 118 cm³/mol. The molecule has 2 heterocycles. The van der Waals surface area contributed by atoms with Crippen LogP contribution in [0.4, 0.5) is 0 Å². The van der Waals surface area contributed by atoms with Crippen molar-refractivity contribution in [2.24, 2.45) is 0 Å². The first-order valence-corrected chi connectivity index (χ1v) is 11.2. The van der Waals surface area contributed by atoms with Crippen molar-refractivity contribution in [2.45, 2.75) is 49.5 Å². The minimum absolute atomic E-state index is 0.00279. The topological polar surface area (TPSA) is 109 Å². The van der Waals surface area contributed by atoms with E-state index in [0.29, 0.717) is 41.0 Å². The van der Waals surface area contributed by atoms with Gasteiger partial charge in [0.2, 0.25) is 0 Å². The first-order valence-electron chi connectivity index (χ1n) is 10.5. The molecule has 2 aliphatic heterocycles. The summed E-state index contributed by atoms with van der Waals surface area (Å²) in [6.07, 6.45) is -4.80.